The molecule has 0 radical (unpaired) electrons. The van der Waals surface area contributed by atoms with Crippen molar-refractivity contribution in [2.45, 2.75) is 19.8 Å². The summed E-state index contributed by atoms with van der Waals surface area (Å²) >= 11 is 0. The van der Waals surface area contributed by atoms with Crippen LogP contribution < -0.4 is 20.5 Å². The Labute approximate surface area is 175 Å². The summed E-state index contributed by atoms with van der Waals surface area (Å²) in [6.45, 7) is 2.77. The fourth-order valence-corrected chi connectivity index (χ4v) is 3.78. The Morgan fingerprint density at radius 1 is 1.13 bits per heavy atom. The van der Waals surface area contributed by atoms with E-state index in [2.05, 4.69) is 21.9 Å². The second-order valence-electron chi connectivity index (χ2n) is 7.34. The zero-order valence-electron chi connectivity index (χ0n) is 17.1. The van der Waals surface area contributed by atoms with Crippen molar-refractivity contribution in [3.8, 4) is 5.75 Å². The summed E-state index contributed by atoms with van der Waals surface area (Å²) in [7, 11) is 1.60. The number of fused-ring (bicyclic) bond motifs is 2. The first-order chi connectivity index (χ1) is 14.5. The molecule has 0 unspecified atom stereocenters. The summed E-state index contributed by atoms with van der Waals surface area (Å²) in [5, 5.41) is 0.822. The first-order valence-corrected chi connectivity index (χ1v) is 9.92. The third-order valence-electron chi connectivity index (χ3n) is 5.32. The number of anilines is 1. The van der Waals surface area contributed by atoms with Gasteiger partial charge in [0.05, 0.1) is 30.4 Å². The third-order valence-corrected chi connectivity index (χ3v) is 5.32. The minimum Gasteiger partial charge on any atom is -0.497 e. The number of rotatable bonds is 4. The number of nitrogens with zero attached hydrogens (tertiary/aromatic N) is 2. The van der Waals surface area contributed by atoms with Gasteiger partial charge >= 0.3 is 0 Å². The maximum Gasteiger partial charge on any atom is 0.271 e. The SMILES string of the molecule is COc1ccc2cc(C(=O)NNC(=O)CN3CCCc4ccccc43)c(C)nc2c1. The molecule has 2 aromatic carbocycles. The van der Waals surface area contributed by atoms with Crippen LogP contribution in [0.4, 0.5) is 5.69 Å². The Morgan fingerprint density at radius 3 is 2.80 bits per heavy atom. The molecule has 0 atom stereocenters. The quantitative estimate of drug-likeness (QED) is 0.654. The van der Waals surface area contributed by atoms with Gasteiger partial charge in [-0.2, -0.15) is 0 Å². The van der Waals surface area contributed by atoms with E-state index in [-0.39, 0.29) is 12.5 Å². The lowest BCUT2D eigenvalue weighted by atomic mass is 10.0. The molecule has 0 saturated carbocycles. The van der Waals surface area contributed by atoms with Gasteiger partial charge in [0, 0.05) is 23.7 Å². The highest BCUT2D eigenvalue weighted by Crippen LogP contribution is 2.26. The predicted molar refractivity (Wildman–Crippen MR) is 116 cm³/mol. The number of methoxy groups -OCH3 is 1. The topological polar surface area (TPSA) is 83.6 Å². The van der Waals surface area contributed by atoms with E-state index in [1.807, 2.05) is 41.3 Å². The summed E-state index contributed by atoms with van der Waals surface area (Å²) in [5.41, 5.74) is 9.10. The number of benzene rings is 2. The molecule has 1 aromatic heterocycles. The molecule has 0 bridgehead atoms. The van der Waals surface area contributed by atoms with E-state index in [1.54, 1.807) is 20.1 Å². The van der Waals surface area contributed by atoms with E-state index in [4.69, 9.17) is 4.74 Å². The fourth-order valence-electron chi connectivity index (χ4n) is 3.78. The zero-order chi connectivity index (χ0) is 21.1. The largest absolute Gasteiger partial charge is 0.497 e. The minimum absolute atomic E-state index is 0.187. The number of hydrogen-bond donors (Lipinski definition) is 2. The molecule has 0 spiro atoms. The molecule has 3 aromatic rings. The van der Waals surface area contributed by atoms with E-state index in [0.717, 1.165) is 36.0 Å². The van der Waals surface area contributed by atoms with Crippen molar-refractivity contribution in [2.75, 3.05) is 25.1 Å². The van der Waals surface area contributed by atoms with Gasteiger partial charge in [0.2, 0.25) is 0 Å². The van der Waals surface area contributed by atoms with Crippen LogP contribution in [0.5, 0.6) is 5.75 Å². The summed E-state index contributed by atoms with van der Waals surface area (Å²) in [4.78, 5) is 31.6. The average molecular weight is 404 g/mol. The number of nitrogens with one attached hydrogen (secondary N) is 2. The van der Waals surface area contributed by atoms with Crippen molar-refractivity contribution in [3.05, 3.63) is 65.4 Å². The Hall–Kier alpha value is -3.61. The van der Waals surface area contributed by atoms with Crippen molar-refractivity contribution in [1.82, 2.24) is 15.8 Å². The van der Waals surface area contributed by atoms with Crippen LogP contribution in [0.1, 0.15) is 28.0 Å². The van der Waals surface area contributed by atoms with Gasteiger partial charge in [-0.15, -0.1) is 0 Å². The molecule has 7 nitrogen and oxygen atoms in total. The van der Waals surface area contributed by atoms with Gasteiger partial charge in [-0.25, -0.2) is 0 Å². The summed E-state index contributed by atoms with van der Waals surface area (Å²) in [5.74, 6) is 0.0412. The van der Waals surface area contributed by atoms with E-state index in [1.165, 1.54) is 5.56 Å². The molecule has 2 amide bonds. The number of aryl methyl sites for hydroxylation is 2. The average Bonchev–Trinajstić information content (AvgIpc) is 2.77. The molecule has 30 heavy (non-hydrogen) atoms. The van der Waals surface area contributed by atoms with Crippen LogP contribution in [0.25, 0.3) is 10.9 Å². The highest BCUT2D eigenvalue weighted by Gasteiger charge is 2.19. The van der Waals surface area contributed by atoms with Crippen LogP contribution in [0.15, 0.2) is 48.5 Å². The Balaban J connectivity index is 1.41. The molecular weight excluding hydrogens is 380 g/mol. The van der Waals surface area contributed by atoms with E-state index >= 15 is 0 Å². The molecule has 4 rings (SSSR count). The number of hydrogen-bond acceptors (Lipinski definition) is 5. The van der Waals surface area contributed by atoms with E-state index in [9.17, 15) is 9.59 Å². The highest BCUT2D eigenvalue weighted by atomic mass is 16.5. The van der Waals surface area contributed by atoms with Gasteiger partial charge in [0.25, 0.3) is 11.8 Å². The first kappa shape index (κ1) is 19.7. The highest BCUT2D eigenvalue weighted by molar-refractivity contribution is 5.99. The van der Waals surface area contributed by atoms with Gasteiger partial charge in [-0.1, -0.05) is 18.2 Å². The standard InChI is InChI=1S/C23H24N4O3/c1-15-19(12-17-9-10-18(30-2)13-20(17)24-15)23(29)26-25-22(28)14-27-11-5-7-16-6-3-4-8-21(16)27/h3-4,6,8-10,12-13H,5,7,11,14H2,1-2H3,(H,25,28)(H,26,29). The normalized spacial score (nSPS) is 12.9. The zero-order valence-corrected chi connectivity index (χ0v) is 17.1. The van der Waals surface area contributed by atoms with Crippen molar-refractivity contribution in [3.63, 3.8) is 0 Å². The molecule has 0 aliphatic carbocycles. The molecule has 0 saturated heterocycles. The second-order valence-corrected chi connectivity index (χ2v) is 7.34. The molecule has 1 aliphatic rings. The third kappa shape index (κ3) is 4.05. The summed E-state index contributed by atoms with van der Waals surface area (Å²) < 4.78 is 5.22. The lowest BCUT2D eigenvalue weighted by molar-refractivity contribution is -0.120. The predicted octanol–water partition coefficient (Wildman–Crippen LogP) is 2.77. The summed E-state index contributed by atoms with van der Waals surface area (Å²) in [6, 6.07) is 15.4. The Kier molecular flexibility index (Phi) is 5.52. The Bertz CT molecular complexity index is 1110. The fraction of sp³-hybridized carbons (Fsp3) is 0.261. The smallest absolute Gasteiger partial charge is 0.271 e. The van der Waals surface area contributed by atoms with E-state index < -0.39 is 5.91 Å². The number of hydrazine groups is 1. The second kappa shape index (κ2) is 8.41. The number of carbonyl (C=O) groups excluding carboxylic acids is 2. The van der Waals surface area contributed by atoms with Gasteiger partial charge in [0.1, 0.15) is 5.75 Å². The van der Waals surface area contributed by atoms with Crippen LogP contribution in [-0.4, -0.2) is 37.0 Å². The molecule has 1 aliphatic heterocycles. The summed E-state index contributed by atoms with van der Waals surface area (Å²) in [6.07, 6.45) is 2.02. The maximum atomic E-state index is 12.6. The number of aromatic nitrogens is 1. The number of pyridine rings is 1. The number of ether oxygens (including phenoxy) is 1. The lowest BCUT2D eigenvalue weighted by Crippen LogP contribution is -2.47. The van der Waals surface area contributed by atoms with Crippen LogP contribution in [0, 0.1) is 6.92 Å². The van der Waals surface area contributed by atoms with Crippen LogP contribution in [0.2, 0.25) is 0 Å². The van der Waals surface area contributed by atoms with Gasteiger partial charge in [-0.3, -0.25) is 25.4 Å². The number of carbonyl (C=O) groups is 2. The van der Waals surface area contributed by atoms with Crippen LogP contribution in [-0.2, 0) is 11.2 Å². The van der Waals surface area contributed by atoms with Crippen LogP contribution in [0.3, 0.4) is 0 Å². The van der Waals surface area contributed by atoms with Crippen molar-refractivity contribution < 1.29 is 14.3 Å². The minimum atomic E-state index is -0.398. The molecule has 0 fully saturated rings. The molecule has 2 N–H and O–H groups in total. The first-order valence-electron chi connectivity index (χ1n) is 9.92. The van der Waals surface area contributed by atoms with Crippen molar-refractivity contribution in [1.29, 1.82) is 0 Å². The molecule has 154 valence electrons. The number of amides is 2. The monoisotopic (exact) mass is 404 g/mol. The number of para-hydroxylation sites is 1. The van der Waals surface area contributed by atoms with Gasteiger partial charge < -0.3 is 9.64 Å². The molecule has 2 heterocycles. The maximum absolute atomic E-state index is 12.6. The van der Waals surface area contributed by atoms with Crippen molar-refractivity contribution >= 4 is 28.4 Å². The lowest BCUT2D eigenvalue weighted by Gasteiger charge is -2.30. The van der Waals surface area contributed by atoms with Gasteiger partial charge in [0.15, 0.2) is 0 Å². The van der Waals surface area contributed by atoms with Crippen LogP contribution >= 0.6 is 0 Å². The molecule has 7 heteroatoms. The van der Waals surface area contributed by atoms with E-state index in [0.29, 0.717) is 17.0 Å². The molecular formula is C23H24N4O3. The Morgan fingerprint density at radius 2 is 1.97 bits per heavy atom. The van der Waals surface area contributed by atoms with Gasteiger partial charge in [-0.05, 0) is 49.6 Å². The van der Waals surface area contributed by atoms with Crippen molar-refractivity contribution in [2.24, 2.45) is 0 Å².